The van der Waals surface area contributed by atoms with Crippen LogP contribution in [0.1, 0.15) is 22.3 Å². The Morgan fingerprint density at radius 2 is 1.68 bits per heavy atom. The van der Waals surface area contributed by atoms with Crippen molar-refractivity contribution in [3.8, 4) is 17.6 Å². The third-order valence-electron chi connectivity index (χ3n) is 3.30. The number of rotatable bonds is 2. The molecule has 0 aliphatic carbocycles. The van der Waals surface area contributed by atoms with Crippen molar-refractivity contribution in [2.75, 3.05) is 0 Å². The zero-order valence-electron chi connectivity index (χ0n) is 11.2. The number of ether oxygens (including phenoxy) is 1. The normalized spacial score (nSPS) is 10.1. The highest BCUT2D eigenvalue weighted by Gasteiger charge is 2.09. The molecule has 96 valence electrons. The van der Waals surface area contributed by atoms with Crippen LogP contribution in [-0.4, -0.2) is 0 Å². The van der Waals surface area contributed by atoms with Crippen LogP contribution in [-0.2, 0) is 0 Å². The second-order valence-corrected chi connectivity index (χ2v) is 4.98. The number of hydrogen-bond donors (Lipinski definition) is 1. The number of nitriles is 1. The first kappa shape index (κ1) is 13.5. The Morgan fingerprint density at radius 3 is 2.26 bits per heavy atom. The van der Waals surface area contributed by atoms with Crippen molar-refractivity contribution < 1.29 is 4.74 Å². The van der Waals surface area contributed by atoms with Crippen LogP contribution in [0.15, 0.2) is 35.2 Å². The van der Waals surface area contributed by atoms with E-state index >= 15 is 0 Å². The molecule has 0 aliphatic rings. The lowest BCUT2D eigenvalue weighted by molar-refractivity contribution is 0.469. The van der Waals surface area contributed by atoms with Crippen molar-refractivity contribution in [3.05, 3.63) is 52.6 Å². The van der Waals surface area contributed by atoms with E-state index in [1.807, 2.05) is 13.0 Å². The Bertz CT molecular complexity index is 654. The maximum Gasteiger partial charge on any atom is 0.141 e. The van der Waals surface area contributed by atoms with E-state index in [0.29, 0.717) is 11.3 Å². The number of aryl methyl sites for hydroxylation is 1. The molecule has 2 aromatic rings. The van der Waals surface area contributed by atoms with Gasteiger partial charge in [0, 0.05) is 0 Å². The highest BCUT2D eigenvalue weighted by atomic mass is 32.1. The van der Waals surface area contributed by atoms with E-state index in [4.69, 9.17) is 10.00 Å². The zero-order valence-corrected chi connectivity index (χ0v) is 12.1. The van der Waals surface area contributed by atoms with Crippen LogP contribution in [0, 0.1) is 32.1 Å². The van der Waals surface area contributed by atoms with Crippen LogP contribution in [0.3, 0.4) is 0 Å². The summed E-state index contributed by atoms with van der Waals surface area (Å²) in [5.74, 6) is 1.45. The summed E-state index contributed by atoms with van der Waals surface area (Å²) < 4.78 is 5.84. The number of nitrogens with zero attached hydrogens (tertiary/aromatic N) is 1. The monoisotopic (exact) mass is 269 g/mol. The van der Waals surface area contributed by atoms with Gasteiger partial charge in [0.15, 0.2) is 0 Å². The first-order valence-corrected chi connectivity index (χ1v) is 6.45. The standard InChI is InChI=1S/C16H15NOS/c1-10-8-15(16(19)12(3)11(10)2)18-14-6-4-13(9-17)5-7-14/h4-8,19H,1-3H3. The molecule has 0 unspecified atom stereocenters. The molecule has 2 nitrogen and oxygen atoms in total. The van der Waals surface area contributed by atoms with E-state index < -0.39 is 0 Å². The molecule has 0 fully saturated rings. The van der Waals surface area contributed by atoms with E-state index in [-0.39, 0.29) is 0 Å². The summed E-state index contributed by atoms with van der Waals surface area (Å²) in [7, 11) is 0. The minimum Gasteiger partial charge on any atom is -0.456 e. The summed E-state index contributed by atoms with van der Waals surface area (Å²) in [4.78, 5) is 0.854. The quantitative estimate of drug-likeness (QED) is 0.810. The minimum atomic E-state index is 0.620. The first-order chi connectivity index (χ1) is 9.02. The molecule has 0 saturated heterocycles. The van der Waals surface area contributed by atoms with E-state index in [0.717, 1.165) is 16.2 Å². The molecule has 19 heavy (non-hydrogen) atoms. The number of hydrogen-bond acceptors (Lipinski definition) is 3. The van der Waals surface area contributed by atoms with Gasteiger partial charge in [-0.2, -0.15) is 5.26 Å². The molecule has 0 heterocycles. The summed E-state index contributed by atoms with van der Waals surface area (Å²) in [6, 6.07) is 11.1. The van der Waals surface area contributed by atoms with Gasteiger partial charge in [0.05, 0.1) is 16.5 Å². The lowest BCUT2D eigenvalue weighted by Crippen LogP contribution is -1.93. The van der Waals surface area contributed by atoms with Gasteiger partial charge in [-0.1, -0.05) is 0 Å². The van der Waals surface area contributed by atoms with Crippen LogP contribution in [0.25, 0.3) is 0 Å². The molecular weight excluding hydrogens is 254 g/mol. The highest BCUT2D eigenvalue weighted by molar-refractivity contribution is 7.80. The average Bonchev–Trinajstić information content (AvgIpc) is 2.43. The smallest absolute Gasteiger partial charge is 0.141 e. The van der Waals surface area contributed by atoms with Crippen LogP contribution < -0.4 is 4.74 Å². The number of thiol groups is 1. The van der Waals surface area contributed by atoms with Crippen molar-refractivity contribution in [1.82, 2.24) is 0 Å². The maximum absolute atomic E-state index is 8.76. The molecule has 0 N–H and O–H groups in total. The third-order valence-corrected chi connectivity index (χ3v) is 3.86. The SMILES string of the molecule is Cc1cc(Oc2ccc(C#N)cc2)c(S)c(C)c1C. The van der Waals surface area contributed by atoms with Gasteiger partial charge in [-0.25, -0.2) is 0 Å². The molecule has 0 bridgehead atoms. The third kappa shape index (κ3) is 2.74. The van der Waals surface area contributed by atoms with Crippen molar-refractivity contribution in [2.24, 2.45) is 0 Å². The van der Waals surface area contributed by atoms with Gasteiger partial charge in [-0.3, -0.25) is 0 Å². The Kier molecular flexibility index (Phi) is 3.82. The van der Waals surface area contributed by atoms with Gasteiger partial charge in [0.2, 0.25) is 0 Å². The van der Waals surface area contributed by atoms with Gasteiger partial charge in [-0.05, 0) is 67.8 Å². The van der Waals surface area contributed by atoms with Crippen molar-refractivity contribution in [3.63, 3.8) is 0 Å². The number of benzene rings is 2. The van der Waals surface area contributed by atoms with Crippen molar-refractivity contribution in [2.45, 2.75) is 25.7 Å². The fourth-order valence-electron chi connectivity index (χ4n) is 1.83. The van der Waals surface area contributed by atoms with E-state index in [1.165, 1.54) is 11.1 Å². The van der Waals surface area contributed by atoms with Gasteiger partial charge < -0.3 is 4.74 Å². The molecule has 2 aromatic carbocycles. The van der Waals surface area contributed by atoms with Crippen LogP contribution in [0.4, 0.5) is 0 Å². The van der Waals surface area contributed by atoms with E-state index in [9.17, 15) is 0 Å². The van der Waals surface area contributed by atoms with E-state index in [1.54, 1.807) is 24.3 Å². The highest BCUT2D eigenvalue weighted by Crippen LogP contribution is 2.34. The largest absolute Gasteiger partial charge is 0.456 e. The van der Waals surface area contributed by atoms with Crippen molar-refractivity contribution in [1.29, 1.82) is 5.26 Å². The van der Waals surface area contributed by atoms with Gasteiger partial charge in [-0.15, -0.1) is 12.6 Å². The molecule has 0 aromatic heterocycles. The van der Waals surface area contributed by atoms with Gasteiger partial charge in [0.1, 0.15) is 11.5 Å². The topological polar surface area (TPSA) is 33.0 Å². The predicted octanol–water partition coefficient (Wildman–Crippen LogP) is 4.56. The fourth-order valence-corrected chi connectivity index (χ4v) is 2.11. The maximum atomic E-state index is 8.76. The summed E-state index contributed by atoms with van der Waals surface area (Å²) in [5, 5.41) is 8.76. The molecule has 0 atom stereocenters. The Morgan fingerprint density at radius 1 is 1.05 bits per heavy atom. The Balaban J connectivity index is 2.36. The Labute approximate surface area is 119 Å². The van der Waals surface area contributed by atoms with Crippen LogP contribution in [0.5, 0.6) is 11.5 Å². The molecule has 0 spiro atoms. The second kappa shape index (κ2) is 5.38. The summed E-state index contributed by atoms with van der Waals surface area (Å²) in [6.45, 7) is 6.17. The van der Waals surface area contributed by atoms with E-state index in [2.05, 4.69) is 32.5 Å². The molecule has 0 aliphatic heterocycles. The summed E-state index contributed by atoms with van der Waals surface area (Å²) >= 11 is 4.52. The summed E-state index contributed by atoms with van der Waals surface area (Å²) in [5.41, 5.74) is 4.16. The van der Waals surface area contributed by atoms with Crippen molar-refractivity contribution >= 4 is 12.6 Å². The molecule has 3 heteroatoms. The zero-order chi connectivity index (χ0) is 14.0. The molecule has 2 rings (SSSR count). The molecular formula is C16H15NOS. The first-order valence-electron chi connectivity index (χ1n) is 6.00. The average molecular weight is 269 g/mol. The molecule has 0 amide bonds. The van der Waals surface area contributed by atoms with Gasteiger partial charge in [0.25, 0.3) is 0 Å². The lowest BCUT2D eigenvalue weighted by Gasteiger charge is -2.14. The predicted molar refractivity (Wildman–Crippen MR) is 79.1 cm³/mol. The second-order valence-electron chi connectivity index (χ2n) is 4.53. The molecule has 0 radical (unpaired) electrons. The van der Waals surface area contributed by atoms with Crippen LogP contribution >= 0.6 is 12.6 Å². The lowest BCUT2D eigenvalue weighted by atomic mass is 10.0. The Hall–Kier alpha value is -1.92. The summed E-state index contributed by atoms with van der Waals surface area (Å²) in [6.07, 6.45) is 0. The fraction of sp³-hybridized carbons (Fsp3) is 0.188. The van der Waals surface area contributed by atoms with Gasteiger partial charge >= 0.3 is 0 Å². The van der Waals surface area contributed by atoms with Crippen LogP contribution in [0.2, 0.25) is 0 Å². The minimum absolute atomic E-state index is 0.620. The molecule has 0 saturated carbocycles.